The Kier molecular flexibility index (Phi) is 5.26. The van der Waals surface area contributed by atoms with Gasteiger partial charge in [0.2, 0.25) is 0 Å². The van der Waals surface area contributed by atoms with E-state index in [1.165, 1.54) is 15.9 Å². The van der Waals surface area contributed by atoms with E-state index in [1.807, 2.05) is 24.3 Å². The smallest absolute Gasteiger partial charge is 0.328 e. The van der Waals surface area contributed by atoms with E-state index in [0.717, 1.165) is 53.5 Å². The zero-order valence-electron chi connectivity index (χ0n) is 18.8. The maximum absolute atomic E-state index is 13.1. The maximum Gasteiger partial charge on any atom is 0.328 e. The third-order valence-electron chi connectivity index (χ3n) is 6.73. The Morgan fingerprint density at radius 3 is 3.03 bits per heavy atom. The van der Waals surface area contributed by atoms with Gasteiger partial charge in [0.15, 0.2) is 0 Å². The van der Waals surface area contributed by atoms with Crippen molar-refractivity contribution in [2.75, 3.05) is 44.8 Å². The van der Waals surface area contributed by atoms with Crippen LogP contribution in [0.1, 0.15) is 6.42 Å². The van der Waals surface area contributed by atoms with E-state index in [-0.39, 0.29) is 17.3 Å². The molecule has 1 unspecified atom stereocenters. The highest BCUT2D eigenvalue weighted by Gasteiger charge is 2.34. The number of pyridine rings is 1. The summed E-state index contributed by atoms with van der Waals surface area (Å²) in [5, 5.41) is 0.814. The van der Waals surface area contributed by atoms with Crippen LogP contribution in [-0.4, -0.2) is 65.4 Å². The largest absolute Gasteiger partial charge is 0.494 e. The molecular formula is C24H25N5O4S. The van der Waals surface area contributed by atoms with Gasteiger partial charge in [-0.05, 0) is 31.2 Å². The van der Waals surface area contributed by atoms with Gasteiger partial charge in [-0.25, -0.2) is 4.79 Å². The van der Waals surface area contributed by atoms with Crippen molar-refractivity contribution in [3.63, 3.8) is 0 Å². The molecule has 0 bridgehead atoms. The standard InChI is InChI=1S/C24H25N5O4S/c1-32-17-4-2-5-18-21(17)28-11-10-27(13-15(28)14-33-18)8-3-9-29-23(30)22-20(26-24(29)31)16-12-25-7-6-19(16)34-22/h2,4-7,12,15H,3,8-11,13-14H2,1H3,(H,26,31). The van der Waals surface area contributed by atoms with Gasteiger partial charge in [0.25, 0.3) is 5.56 Å². The number of hydrogen-bond acceptors (Lipinski definition) is 8. The predicted octanol–water partition coefficient (Wildman–Crippen LogP) is 2.28. The molecule has 1 fully saturated rings. The zero-order chi connectivity index (χ0) is 23.2. The number of aromatic amines is 1. The van der Waals surface area contributed by atoms with Crippen LogP contribution < -0.4 is 25.6 Å². The van der Waals surface area contributed by atoms with E-state index < -0.39 is 0 Å². The summed E-state index contributed by atoms with van der Waals surface area (Å²) in [7, 11) is 1.69. The van der Waals surface area contributed by atoms with Gasteiger partial charge in [0.1, 0.15) is 28.5 Å². The fourth-order valence-corrected chi connectivity index (χ4v) is 6.15. The first-order chi connectivity index (χ1) is 16.6. The second-order valence-electron chi connectivity index (χ2n) is 8.68. The monoisotopic (exact) mass is 479 g/mol. The van der Waals surface area contributed by atoms with Crippen molar-refractivity contribution in [1.82, 2.24) is 19.4 Å². The Labute approximate surface area is 199 Å². The number of nitrogens with one attached hydrogen (secondary N) is 1. The van der Waals surface area contributed by atoms with Crippen molar-refractivity contribution in [3.8, 4) is 11.5 Å². The number of aromatic nitrogens is 3. The van der Waals surface area contributed by atoms with Crippen molar-refractivity contribution < 1.29 is 9.47 Å². The molecule has 0 amide bonds. The maximum atomic E-state index is 13.1. The molecule has 0 radical (unpaired) electrons. The predicted molar refractivity (Wildman–Crippen MR) is 133 cm³/mol. The van der Waals surface area contributed by atoms with Crippen LogP contribution in [0.3, 0.4) is 0 Å². The lowest BCUT2D eigenvalue weighted by Crippen LogP contribution is -2.57. The minimum Gasteiger partial charge on any atom is -0.494 e. The van der Waals surface area contributed by atoms with Crippen LogP contribution in [0, 0.1) is 0 Å². The Hall–Kier alpha value is -3.37. The van der Waals surface area contributed by atoms with Crippen LogP contribution in [0.15, 0.2) is 46.2 Å². The lowest BCUT2D eigenvalue weighted by molar-refractivity contribution is 0.163. The minimum absolute atomic E-state index is 0.228. The van der Waals surface area contributed by atoms with Crippen molar-refractivity contribution in [2.24, 2.45) is 0 Å². The normalized spacial score (nSPS) is 18.0. The molecule has 5 heterocycles. The Morgan fingerprint density at radius 2 is 2.15 bits per heavy atom. The molecule has 1 N–H and O–H groups in total. The first-order valence-corrected chi connectivity index (χ1v) is 12.2. The fourth-order valence-electron chi connectivity index (χ4n) is 5.07. The van der Waals surface area contributed by atoms with E-state index in [1.54, 1.807) is 19.5 Å². The van der Waals surface area contributed by atoms with Crippen LogP contribution in [-0.2, 0) is 6.54 Å². The highest BCUT2D eigenvalue weighted by Crippen LogP contribution is 2.42. The zero-order valence-corrected chi connectivity index (χ0v) is 19.6. The molecule has 0 saturated carbocycles. The number of H-pyrrole nitrogens is 1. The van der Waals surface area contributed by atoms with Crippen LogP contribution in [0.4, 0.5) is 5.69 Å². The minimum atomic E-state index is -0.366. The molecule has 1 aromatic carbocycles. The molecule has 6 rings (SSSR count). The van der Waals surface area contributed by atoms with E-state index in [9.17, 15) is 9.59 Å². The molecule has 0 aliphatic carbocycles. The van der Waals surface area contributed by atoms with E-state index in [0.29, 0.717) is 29.8 Å². The summed E-state index contributed by atoms with van der Waals surface area (Å²) in [4.78, 5) is 37.5. The summed E-state index contributed by atoms with van der Waals surface area (Å²) >= 11 is 1.40. The van der Waals surface area contributed by atoms with Gasteiger partial charge in [0, 0.05) is 48.7 Å². The van der Waals surface area contributed by atoms with Gasteiger partial charge in [-0.3, -0.25) is 19.2 Å². The van der Waals surface area contributed by atoms with Gasteiger partial charge in [0.05, 0.1) is 18.7 Å². The van der Waals surface area contributed by atoms with E-state index >= 15 is 0 Å². The molecule has 10 heteroatoms. The average Bonchev–Trinajstić information content (AvgIpc) is 3.24. The molecule has 1 saturated heterocycles. The number of anilines is 1. The van der Waals surface area contributed by atoms with Gasteiger partial charge in [-0.15, -0.1) is 11.3 Å². The number of nitrogens with zero attached hydrogens (tertiary/aromatic N) is 4. The van der Waals surface area contributed by atoms with Crippen LogP contribution >= 0.6 is 11.3 Å². The van der Waals surface area contributed by atoms with Crippen molar-refractivity contribution in [3.05, 3.63) is 57.5 Å². The van der Waals surface area contributed by atoms with Crippen molar-refractivity contribution >= 4 is 37.3 Å². The summed E-state index contributed by atoms with van der Waals surface area (Å²) in [5.74, 6) is 1.71. The molecule has 2 aliphatic heterocycles. The quantitative estimate of drug-likeness (QED) is 0.470. The van der Waals surface area contributed by atoms with Gasteiger partial charge in [-0.1, -0.05) is 6.07 Å². The van der Waals surface area contributed by atoms with Crippen LogP contribution in [0.2, 0.25) is 0 Å². The number of benzene rings is 1. The number of rotatable bonds is 5. The van der Waals surface area contributed by atoms with Crippen LogP contribution in [0.5, 0.6) is 11.5 Å². The summed E-state index contributed by atoms with van der Waals surface area (Å²) in [6.45, 7) is 4.47. The Balaban J connectivity index is 1.15. The molecule has 34 heavy (non-hydrogen) atoms. The first kappa shape index (κ1) is 21.2. The summed E-state index contributed by atoms with van der Waals surface area (Å²) < 4.78 is 14.4. The topological polar surface area (TPSA) is 92.7 Å². The molecule has 0 spiro atoms. The molecule has 3 aromatic heterocycles. The van der Waals surface area contributed by atoms with Crippen molar-refractivity contribution in [1.29, 1.82) is 0 Å². The van der Waals surface area contributed by atoms with Crippen LogP contribution in [0.25, 0.3) is 20.3 Å². The molecule has 2 aliphatic rings. The first-order valence-electron chi connectivity index (χ1n) is 11.4. The third kappa shape index (κ3) is 3.45. The summed E-state index contributed by atoms with van der Waals surface area (Å²) in [6.07, 6.45) is 4.10. The SMILES string of the molecule is COc1cccc2c1N1CCN(CCCn3c(=O)[nH]c4c(sc5ccncc54)c3=O)CC1CO2. The molecule has 9 nitrogen and oxygen atoms in total. The third-order valence-corrected chi connectivity index (χ3v) is 7.89. The van der Waals surface area contributed by atoms with Gasteiger partial charge in [-0.2, -0.15) is 0 Å². The average molecular weight is 480 g/mol. The number of para-hydroxylation sites is 1. The lowest BCUT2D eigenvalue weighted by Gasteiger charge is -2.46. The fraction of sp³-hybridized carbons (Fsp3) is 0.375. The van der Waals surface area contributed by atoms with Gasteiger partial charge >= 0.3 is 5.69 Å². The Morgan fingerprint density at radius 1 is 1.24 bits per heavy atom. The number of fused-ring (bicyclic) bond motifs is 6. The lowest BCUT2D eigenvalue weighted by atomic mass is 10.1. The second kappa shape index (κ2) is 8.44. The Bertz CT molecular complexity index is 1480. The number of thiophene rings is 1. The molecule has 176 valence electrons. The molecular weight excluding hydrogens is 454 g/mol. The molecule has 4 aromatic rings. The number of piperazine rings is 1. The van der Waals surface area contributed by atoms with E-state index in [4.69, 9.17) is 9.47 Å². The second-order valence-corrected chi connectivity index (χ2v) is 9.74. The molecule has 1 atom stereocenters. The van der Waals surface area contributed by atoms with Gasteiger partial charge < -0.3 is 19.4 Å². The summed E-state index contributed by atoms with van der Waals surface area (Å²) in [6, 6.07) is 8.01. The highest BCUT2D eigenvalue weighted by molar-refractivity contribution is 7.25. The highest BCUT2D eigenvalue weighted by atomic mass is 32.1. The number of hydrogen-bond donors (Lipinski definition) is 1. The number of ether oxygens (including phenoxy) is 2. The summed E-state index contributed by atoms with van der Waals surface area (Å²) in [5.41, 5.74) is 1.03. The number of methoxy groups -OCH3 is 1. The van der Waals surface area contributed by atoms with Crippen molar-refractivity contribution in [2.45, 2.75) is 19.0 Å². The van der Waals surface area contributed by atoms with E-state index in [2.05, 4.69) is 19.8 Å².